The Balaban J connectivity index is 2.73. The zero-order valence-electron chi connectivity index (χ0n) is 16.7. The van der Waals surface area contributed by atoms with Crippen LogP contribution in [-0.4, -0.2) is 20.3 Å². The molecule has 0 bridgehead atoms. The molecule has 2 aromatic carbocycles. The van der Waals surface area contributed by atoms with Gasteiger partial charge in [0.15, 0.2) is 0 Å². The van der Waals surface area contributed by atoms with Crippen LogP contribution in [0.2, 0.25) is 0 Å². The number of benzene rings is 2. The fourth-order valence-electron chi connectivity index (χ4n) is 3.61. The summed E-state index contributed by atoms with van der Waals surface area (Å²) in [6.45, 7) is 19.9. The van der Waals surface area contributed by atoms with Crippen molar-refractivity contribution in [1.29, 1.82) is 0 Å². The fourth-order valence-corrected chi connectivity index (χ4v) is 9.46. The van der Waals surface area contributed by atoms with Crippen molar-refractivity contribution in [2.45, 2.75) is 67.9 Å². The summed E-state index contributed by atoms with van der Waals surface area (Å²) in [5.74, 6) is 0. The van der Waals surface area contributed by atoms with Crippen molar-refractivity contribution in [3.8, 4) is 0 Å². The van der Waals surface area contributed by atoms with E-state index in [1.54, 1.807) is 0 Å². The second-order valence-electron chi connectivity index (χ2n) is 8.09. The quantitative estimate of drug-likeness (QED) is 0.711. The van der Waals surface area contributed by atoms with Crippen LogP contribution in [-0.2, 0) is 3.76 Å². The van der Waals surface area contributed by atoms with Crippen molar-refractivity contribution in [3.63, 3.8) is 0 Å². The van der Waals surface area contributed by atoms with Gasteiger partial charge in [-0.3, -0.25) is 0 Å². The van der Waals surface area contributed by atoms with Gasteiger partial charge < -0.3 is 0 Å². The van der Waals surface area contributed by atoms with E-state index >= 15 is 0 Å². The third kappa shape index (κ3) is 4.31. The number of hydrogen-bond donors (Lipinski definition) is 0. The molecule has 24 heavy (non-hydrogen) atoms. The molecule has 0 spiro atoms. The number of aryl methyl sites for hydroxylation is 6. The summed E-state index contributed by atoms with van der Waals surface area (Å²) in [6.07, 6.45) is 0. The molecular formula is C22H31GeO. The Kier molecular flexibility index (Phi) is 5.66. The van der Waals surface area contributed by atoms with Crippen LogP contribution in [0.5, 0.6) is 0 Å². The molecule has 0 unspecified atom stereocenters. The van der Waals surface area contributed by atoms with Gasteiger partial charge in [0, 0.05) is 0 Å². The molecule has 2 aromatic rings. The standard InChI is InChI=1S/C22H31GeO/c1-14-10-16(3)20(17(4)11-14)23(24-22(7,8)9)21-18(5)12-15(2)13-19(21)6/h10-13H,1-9H3. The van der Waals surface area contributed by atoms with Crippen LogP contribution >= 0.6 is 0 Å². The van der Waals surface area contributed by atoms with Crippen LogP contribution in [0, 0.1) is 41.5 Å². The summed E-state index contributed by atoms with van der Waals surface area (Å²) in [6, 6.07) is 9.22. The molecule has 0 aliphatic heterocycles. The van der Waals surface area contributed by atoms with Gasteiger partial charge in [0.05, 0.1) is 0 Å². The predicted molar refractivity (Wildman–Crippen MR) is 107 cm³/mol. The Morgan fingerprint density at radius 3 is 1.17 bits per heavy atom. The number of rotatable bonds is 3. The van der Waals surface area contributed by atoms with Gasteiger partial charge in [-0.05, 0) is 0 Å². The molecule has 0 saturated carbocycles. The molecule has 0 aromatic heterocycles. The monoisotopic (exact) mass is 385 g/mol. The second kappa shape index (κ2) is 7.05. The van der Waals surface area contributed by atoms with E-state index in [9.17, 15) is 0 Å². The van der Waals surface area contributed by atoms with Crippen molar-refractivity contribution in [2.75, 3.05) is 0 Å². The van der Waals surface area contributed by atoms with Crippen molar-refractivity contribution in [3.05, 3.63) is 57.6 Å². The maximum absolute atomic E-state index is 6.78. The van der Waals surface area contributed by atoms with Gasteiger partial charge in [0.1, 0.15) is 0 Å². The molecule has 0 heterocycles. The van der Waals surface area contributed by atoms with Gasteiger partial charge in [0.25, 0.3) is 0 Å². The van der Waals surface area contributed by atoms with Crippen molar-refractivity contribution < 1.29 is 3.76 Å². The van der Waals surface area contributed by atoms with E-state index in [1.165, 1.54) is 42.2 Å². The zero-order valence-corrected chi connectivity index (χ0v) is 18.8. The molecular weight excluding hydrogens is 353 g/mol. The van der Waals surface area contributed by atoms with E-state index in [-0.39, 0.29) is 5.60 Å². The Morgan fingerprint density at radius 1 is 0.625 bits per heavy atom. The van der Waals surface area contributed by atoms with Gasteiger partial charge >= 0.3 is 153 Å². The van der Waals surface area contributed by atoms with E-state index in [1.807, 2.05) is 0 Å². The van der Waals surface area contributed by atoms with E-state index in [0.29, 0.717) is 0 Å². The van der Waals surface area contributed by atoms with Gasteiger partial charge in [-0.15, -0.1) is 0 Å². The van der Waals surface area contributed by atoms with Crippen LogP contribution in [0.1, 0.15) is 54.2 Å². The number of hydrogen-bond acceptors (Lipinski definition) is 1. The van der Waals surface area contributed by atoms with Crippen LogP contribution in [0.4, 0.5) is 0 Å². The molecule has 0 amide bonds. The average Bonchev–Trinajstić information content (AvgIpc) is 2.33. The van der Waals surface area contributed by atoms with Crippen LogP contribution in [0.25, 0.3) is 0 Å². The van der Waals surface area contributed by atoms with Gasteiger partial charge in [-0.2, -0.15) is 0 Å². The molecule has 0 saturated heterocycles. The van der Waals surface area contributed by atoms with Gasteiger partial charge in [-0.1, -0.05) is 0 Å². The fraction of sp³-hybridized carbons (Fsp3) is 0.455. The minimum atomic E-state index is -2.12. The van der Waals surface area contributed by atoms with Crippen molar-refractivity contribution in [1.82, 2.24) is 0 Å². The Hall–Kier alpha value is -1.06. The molecule has 129 valence electrons. The molecule has 0 atom stereocenters. The molecule has 0 aliphatic rings. The summed E-state index contributed by atoms with van der Waals surface area (Å²) in [4.78, 5) is 0. The van der Waals surface area contributed by atoms with Gasteiger partial charge in [0.2, 0.25) is 0 Å². The first kappa shape index (κ1) is 19.3. The van der Waals surface area contributed by atoms with Gasteiger partial charge in [-0.25, -0.2) is 0 Å². The van der Waals surface area contributed by atoms with E-state index in [2.05, 4.69) is 86.6 Å². The Bertz CT molecular complexity index is 650. The summed E-state index contributed by atoms with van der Waals surface area (Å²) in [7, 11) is 0. The van der Waals surface area contributed by atoms with E-state index in [0.717, 1.165) is 0 Å². The van der Waals surface area contributed by atoms with Crippen molar-refractivity contribution in [2.24, 2.45) is 0 Å². The average molecular weight is 384 g/mol. The zero-order chi connectivity index (χ0) is 18.2. The van der Waals surface area contributed by atoms with E-state index < -0.39 is 14.7 Å². The predicted octanol–water partition coefficient (Wildman–Crippen LogP) is 4.46. The Labute approximate surface area is 152 Å². The van der Waals surface area contributed by atoms with Crippen LogP contribution in [0.15, 0.2) is 24.3 Å². The second-order valence-corrected chi connectivity index (χ2v) is 12.0. The summed E-state index contributed by atoms with van der Waals surface area (Å²) < 4.78 is 9.73. The summed E-state index contributed by atoms with van der Waals surface area (Å²) >= 11 is -2.12. The molecule has 1 nitrogen and oxygen atoms in total. The topological polar surface area (TPSA) is 9.23 Å². The molecule has 2 heteroatoms. The molecule has 1 radical (unpaired) electrons. The molecule has 0 fully saturated rings. The summed E-state index contributed by atoms with van der Waals surface area (Å²) in [5.41, 5.74) is 8.05. The molecule has 0 N–H and O–H groups in total. The molecule has 2 rings (SSSR count). The normalized spacial score (nSPS) is 12.1. The maximum atomic E-state index is 6.78. The summed E-state index contributed by atoms with van der Waals surface area (Å²) in [5, 5.41) is 0. The SMILES string of the molecule is Cc1cc(C)[c]([Ge]([O]C(C)(C)C)[c]2c(C)cc(C)cc2C)c(C)c1. The van der Waals surface area contributed by atoms with Crippen molar-refractivity contribution >= 4 is 23.5 Å². The van der Waals surface area contributed by atoms with Crippen LogP contribution in [0.3, 0.4) is 0 Å². The first-order chi connectivity index (χ1) is 11.0. The third-order valence-electron chi connectivity index (χ3n) is 4.22. The first-order valence-electron chi connectivity index (χ1n) is 8.72. The minimum absolute atomic E-state index is 0.136. The van der Waals surface area contributed by atoms with Crippen LogP contribution < -0.4 is 8.79 Å². The molecule has 0 aliphatic carbocycles. The first-order valence-corrected chi connectivity index (χ1v) is 11.7. The van der Waals surface area contributed by atoms with E-state index in [4.69, 9.17) is 3.76 Å². The third-order valence-corrected chi connectivity index (χ3v) is 11.1. The Morgan fingerprint density at radius 2 is 0.917 bits per heavy atom.